The minimum Gasteiger partial charge on any atom is -0.267 e. The predicted octanol–water partition coefficient (Wildman–Crippen LogP) is 5.94. The number of hydrazone groups is 1. The Hall–Kier alpha value is -4.25. The Morgan fingerprint density at radius 3 is 2.31 bits per heavy atom. The summed E-state index contributed by atoms with van der Waals surface area (Å²) in [6, 6.07) is 28.4. The Kier molecular flexibility index (Phi) is 7.60. The molecule has 0 fully saturated rings. The molecule has 0 N–H and O–H groups in total. The lowest BCUT2D eigenvalue weighted by molar-refractivity contribution is 0.0987. The van der Waals surface area contributed by atoms with Crippen molar-refractivity contribution < 1.29 is 17.6 Å². The lowest BCUT2D eigenvalue weighted by atomic mass is 10.2. The van der Waals surface area contributed by atoms with Crippen LogP contribution in [0.15, 0.2) is 113 Å². The van der Waals surface area contributed by atoms with E-state index >= 15 is 0 Å². The molecule has 5 aromatic rings. The maximum atomic E-state index is 13.8. The molecule has 1 heterocycles. The van der Waals surface area contributed by atoms with Crippen molar-refractivity contribution in [3.8, 4) is 0 Å². The fourth-order valence-electron chi connectivity index (χ4n) is 3.83. The van der Waals surface area contributed by atoms with E-state index in [0.717, 1.165) is 27.5 Å². The summed E-state index contributed by atoms with van der Waals surface area (Å²) in [5.41, 5.74) is 2.38. The summed E-state index contributed by atoms with van der Waals surface area (Å²) < 4.78 is 41.9. The highest BCUT2D eigenvalue weighted by molar-refractivity contribution is 7.89. The van der Waals surface area contributed by atoms with E-state index < -0.39 is 21.7 Å². The highest BCUT2D eigenvalue weighted by Gasteiger charge is 2.24. The van der Waals surface area contributed by atoms with E-state index in [4.69, 9.17) is 0 Å². The molecule has 0 spiro atoms. The second kappa shape index (κ2) is 11.2. The molecule has 0 bridgehead atoms. The smallest absolute Gasteiger partial charge is 0.267 e. The van der Waals surface area contributed by atoms with Gasteiger partial charge in [0, 0.05) is 19.2 Å². The number of anilines is 1. The van der Waals surface area contributed by atoms with E-state index in [1.54, 1.807) is 6.07 Å². The van der Waals surface area contributed by atoms with Crippen LogP contribution in [0.25, 0.3) is 10.2 Å². The molecule has 0 radical (unpaired) electrons. The molecule has 0 aliphatic heterocycles. The average molecular weight is 559 g/mol. The molecule has 0 unspecified atom stereocenters. The Morgan fingerprint density at radius 1 is 0.949 bits per heavy atom. The zero-order valence-electron chi connectivity index (χ0n) is 20.8. The normalized spacial score (nSPS) is 11.9. The summed E-state index contributed by atoms with van der Waals surface area (Å²) >= 11 is 1.13. The number of carbonyl (C=O) groups excluding carboxylic acids is 1. The molecule has 4 aromatic carbocycles. The van der Waals surface area contributed by atoms with Gasteiger partial charge in [0.2, 0.25) is 15.2 Å². The number of nitrogens with zero attached hydrogens (tertiary/aromatic N) is 4. The lowest BCUT2D eigenvalue weighted by Crippen LogP contribution is -2.27. The number of hydrogen-bond donors (Lipinski definition) is 0. The number of benzene rings is 4. The molecule has 7 nitrogen and oxygen atoms in total. The van der Waals surface area contributed by atoms with Crippen LogP contribution in [0.1, 0.15) is 21.5 Å². The minimum absolute atomic E-state index is 0.0623. The van der Waals surface area contributed by atoms with Crippen LogP contribution in [-0.2, 0) is 16.6 Å². The fourth-order valence-corrected chi connectivity index (χ4v) is 5.93. The number of fused-ring (bicyclic) bond motifs is 1. The fraction of sp³-hybridized carbons (Fsp3) is 0.0690. The first-order valence-corrected chi connectivity index (χ1v) is 14.2. The third-order valence-electron chi connectivity index (χ3n) is 5.89. The molecule has 39 heavy (non-hydrogen) atoms. The quantitative estimate of drug-likeness (QED) is 0.174. The van der Waals surface area contributed by atoms with E-state index in [2.05, 4.69) is 10.1 Å². The number of halogens is 1. The third-order valence-corrected chi connectivity index (χ3v) is 8.70. The van der Waals surface area contributed by atoms with Gasteiger partial charge in [-0.05, 0) is 53.6 Å². The third kappa shape index (κ3) is 5.93. The summed E-state index contributed by atoms with van der Waals surface area (Å²) in [4.78, 5) is 18.1. The second-order valence-electron chi connectivity index (χ2n) is 8.65. The van der Waals surface area contributed by atoms with Gasteiger partial charge >= 0.3 is 0 Å². The Labute approximate surface area is 229 Å². The number of rotatable bonds is 8. The molecule has 5 rings (SSSR count). The van der Waals surface area contributed by atoms with Gasteiger partial charge in [-0.1, -0.05) is 72.0 Å². The van der Waals surface area contributed by atoms with E-state index in [1.165, 1.54) is 54.0 Å². The van der Waals surface area contributed by atoms with Crippen LogP contribution in [0.3, 0.4) is 0 Å². The van der Waals surface area contributed by atoms with Crippen LogP contribution < -0.4 is 5.01 Å². The SMILES string of the molecule is CN(Cc1ccccc1)S(=O)(=O)c1ccc(C(=O)N(/N=C/c2ccccc2)c2nc3ccc(F)cc3s2)cc1. The summed E-state index contributed by atoms with van der Waals surface area (Å²) in [7, 11) is -2.28. The van der Waals surface area contributed by atoms with Gasteiger partial charge in [0.25, 0.3) is 5.91 Å². The zero-order valence-corrected chi connectivity index (χ0v) is 22.4. The van der Waals surface area contributed by atoms with Crippen LogP contribution in [-0.4, -0.2) is 36.9 Å². The molecule has 0 saturated carbocycles. The molecule has 1 amide bonds. The zero-order chi connectivity index (χ0) is 27.4. The van der Waals surface area contributed by atoms with Crippen molar-refractivity contribution >= 4 is 48.8 Å². The monoisotopic (exact) mass is 558 g/mol. The number of carbonyl (C=O) groups is 1. The van der Waals surface area contributed by atoms with E-state index in [9.17, 15) is 17.6 Å². The molecule has 0 saturated heterocycles. The van der Waals surface area contributed by atoms with Gasteiger partial charge in [0.05, 0.1) is 21.3 Å². The average Bonchev–Trinajstić information content (AvgIpc) is 3.37. The van der Waals surface area contributed by atoms with Crippen molar-refractivity contribution in [3.05, 3.63) is 126 Å². The van der Waals surface area contributed by atoms with Crippen LogP contribution in [0.5, 0.6) is 0 Å². The molecule has 196 valence electrons. The second-order valence-corrected chi connectivity index (χ2v) is 11.7. The summed E-state index contributed by atoms with van der Waals surface area (Å²) in [6.45, 7) is 0.212. The molecule has 0 aliphatic carbocycles. The largest absolute Gasteiger partial charge is 0.280 e. The highest BCUT2D eigenvalue weighted by Crippen LogP contribution is 2.31. The number of thiazole rings is 1. The van der Waals surface area contributed by atoms with E-state index in [0.29, 0.717) is 10.2 Å². The van der Waals surface area contributed by atoms with Gasteiger partial charge in [0.1, 0.15) is 5.82 Å². The minimum atomic E-state index is -3.79. The standard InChI is InChI=1S/C29H23FN4O3S2/c1-33(20-22-10-6-3-7-11-22)39(36,37)25-15-12-23(13-16-25)28(35)34(31-19-21-8-4-2-5-9-21)29-32-26-17-14-24(30)18-27(26)38-29/h2-19H,20H2,1H3/b31-19+. The number of sulfonamides is 1. The number of hydrogen-bond acceptors (Lipinski definition) is 6. The van der Waals surface area contributed by atoms with Crippen molar-refractivity contribution in [1.29, 1.82) is 0 Å². The first kappa shape index (κ1) is 26.4. The molecule has 1 aromatic heterocycles. The highest BCUT2D eigenvalue weighted by atomic mass is 32.2. The molecule has 10 heteroatoms. The van der Waals surface area contributed by atoms with Gasteiger partial charge in [-0.3, -0.25) is 4.79 Å². The maximum absolute atomic E-state index is 13.8. The van der Waals surface area contributed by atoms with Gasteiger partial charge in [-0.25, -0.2) is 17.8 Å². The van der Waals surface area contributed by atoms with Crippen LogP contribution >= 0.6 is 11.3 Å². The Balaban J connectivity index is 1.44. The Morgan fingerprint density at radius 2 is 1.62 bits per heavy atom. The summed E-state index contributed by atoms with van der Waals surface area (Å²) in [5.74, 6) is -0.916. The lowest BCUT2D eigenvalue weighted by Gasteiger charge is -2.18. The molecular weight excluding hydrogens is 535 g/mol. The Bertz CT molecular complexity index is 1740. The maximum Gasteiger partial charge on any atom is 0.280 e. The van der Waals surface area contributed by atoms with Gasteiger partial charge in [-0.15, -0.1) is 0 Å². The van der Waals surface area contributed by atoms with Gasteiger partial charge in [0.15, 0.2) is 0 Å². The van der Waals surface area contributed by atoms with Crippen molar-refractivity contribution in [3.63, 3.8) is 0 Å². The van der Waals surface area contributed by atoms with Crippen molar-refractivity contribution in [2.24, 2.45) is 5.10 Å². The predicted molar refractivity (Wildman–Crippen MR) is 152 cm³/mol. The van der Waals surface area contributed by atoms with Crippen LogP contribution in [0.2, 0.25) is 0 Å². The first-order valence-electron chi connectivity index (χ1n) is 11.9. The van der Waals surface area contributed by atoms with Crippen molar-refractivity contribution in [2.75, 3.05) is 12.1 Å². The van der Waals surface area contributed by atoms with Crippen molar-refractivity contribution in [2.45, 2.75) is 11.4 Å². The van der Waals surface area contributed by atoms with E-state index in [-0.39, 0.29) is 22.1 Å². The summed E-state index contributed by atoms with van der Waals surface area (Å²) in [6.07, 6.45) is 1.53. The number of aromatic nitrogens is 1. The topological polar surface area (TPSA) is 82.9 Å². The van der Waals surface area contributed by atoms with E-state index in [1.807, 2.05) is 60.7 Å². The van der Waals surface area contributed by atoms with Crippen molar-refractivity contribution in [1.82, 2.24) is 9.29 Å². The van der Waals surface area contributed by atoms with Crippen LogP contribution in [0, 0.1) is 5.82 Å². The molecular formula is C29H23FN4O3S2. The first-order chi connectivity index (χ1) is 18.8. The number of amides is 1. The van der Waals surface area contributed by atoms with Gasteiger partial charge in [-0.2, -0.15) is 14.4 Å². The van der Waals surface area contributed by atoms with Gasteiger partial charge < -0.3 is 0 Å². The van der Waals surface area contributed by atoms with Crippen LogP contribution in [0.4, 0.5) is 9.52 Å². The molecule has 0 aliphatic rings. The molecule has 0 atom stereocenters. The summed E-state index contributed by atoms with van der Waals surface area (Å²) in [5, 5.41) is 5.79.